The van der Waals surface area contributed by atoms with Crippen LogP contribution in [0.15, 0.2) is 53.6 Å². The van der Waals surface area contributed by atoms with E-state index in [0.717, 1.165) is 28.5 Å². The molecule has 24 heavy (non-hydrogen) atoms. The maximum absolute atomic E-state index is 11.7. The van der Waals surface area contributed by atoms with Gasteiger partial charge in [-0.1, -0.05) is 23.7 Å². The van der Waals surface area contributed by atoms with Gasteiger partial charge in [-0.3, -0.25) is 0 Å². The number of hydrogen-bond acceptors (Lipinski definition) is 4. The van der Waals surface area contributed by atoms with Gasteiger partial charge in [0.25, 0.3) is 0 Å². The molecule has 0 spiro atoms. The van der Waals surface area contributed by atoms with Crippen molar-refractivity contribution in [2.45, 2.75) is 11.4 Å². The molecule has 0 aliphatic carbocycles. The summed E-state index contributed by atoms with van der Waals surface area (Å²) >= 11 is 5.94. The second kappa shape index (κ2) is 6.42. The zero-order chi connectivity index (χ0) is 17.3. The van der Waals surface area contributed by atoms with Crippen LogP contribution in [-0.2, 0) is 16.3 Å². The summed E-state index contributed by atoms with van der Waals surface area (Å²) in [6.45, 7) is 0. The van der Waals surface area contributed by atoms with E-state index in [1.165, 1.54) is 6.07 Å². The molecule has 0 N–H and O–H groups in total. The van der Waals surface area contributed by atoms with Crippen LogP contribution >= 0.6 is 11.6 Å². The fraction of sp³-hybridized carbons (Fsp3) is 0.167. The Hall–Kier alpha value is -2.11. The van der Waals surface area contributed by atoms with Crippen molar-refractivity contribution in [2.24, 2.45) is 0 Å². The molecule has 2 aromatic carbocycles. The fourth-order valence-corrected chi connectivity index (χ4v) is 3.32. The summed E-state index contributed by atoms with van der Waals surface area (Å²) in [6.07, 6.45) is 1.79. The van der Waals surface area contributed by atoms with Crippen molar-refractivity contribution < 1.29 is 13.2 Å². The summed E-state index contributed by atoms with van der Waals surface area (Å²) in [4.78, 5) is 4.27. The molecule has 3 aromatic rings. The summed E-state index contributed by atoms with van der Waals surface area (Å²) in [5.41, 5.74) is 2.67. The summed E-state index contributed by atoms with van der Waals surface area (Å²) in [5.74, 6) is 0.742. The highest BCUT2D eigenvalue weighted by Gasteiger charge is 2.14. The van der Waals surface area contributed by atoms with Gasteiger partial charge >= 0.3 is 0 Å². The zero-order valence-corrected chi connectivity index (χ0v) is 14.9. The van der Waals surface area contributed by atoms with Gasteiger partial charge in [-0.15, -0.1) is 0 Å². The molecule has 0 saturated carbocycles. The van der Waals surface area contributed by atoms with E-state index in [1.54, 1.807) is 19.2 Å². The van der Waals surface area contributed by atoms with Crippen LogP contribution in [0.5, 0.6) is 5.75 Å². The minimum absolute atomic E-state index is 0.0672. The Balaban J connectivity index is 2.15. The predicted molar refractivity (Wildman–Crippen MR) is 95.7 cm³/mol. The Morgan fingerprint density at radius 3 is 2.38 bits per heavy atom. The molecule has 1 heterocycles. The van der Waals surface area contributed by atoms with Gasteiger partial charge in [0.15, 0.2) is 14.9 Å². The minimum Gasteiger partial charge on any atom is -0.496 e. The van der Waals surface area contributed by atoms with Crippen LogP contribution in [0.2, 0.25) is 5.02 Å². The number of nitrogens with zero attached hydrogens (tertiary/aromatic N) is 1. The molecular formula is C18H16ClNO3S. The van der Waals surface area contributed by atoms with E-state index < -0.39 is 9.84 Å². The lowest BCUT2D eigenvalue weighted by atomic mass is 9.99. The van der Waals surface area contributed by atoms with E-state index >= 15 is 0 Å². The fourth-order valence-electron chi connectivity index (χ4n) is 2.61. The van der Waals surface area contributed by atoms with Gasteiger partial charge in [-0.25, -0.2) is 13.4 Å². The van der Waals surface area contributed by atoms with Crippen molar-refractivity contribution in [1.82, 2.24) is 4.98 Å². The average molecular weight is 362 g/mol. The van der Waals surface area contributed by atoms with E-state index in [9.17, 15) is 8.42 Å². The Labute approximate surface area is 146 Å². The maximum atomic E-state index is 11.7. The van der Waals surface area contributed by atoms with Gasteiger partial charge in [-0.05, 0) is 42.0 Å². The zero-order valence-electron chi connectivity index (χ0n) is 13.3. The molecule has 0 atom stereocenters. The van der Waals surface area contributed by atoms with Gasteiger partial charge in [0.05, 0.1) is 12.6 Å². The summed E-state index contributed by atoms with van der Waals surface area (Å²) in [5, 5.41) is 1.62. The van der Waals surface area contributed by atoms with E-state index in [1.807, 2.05) is 30.3 Å². The standard InChI is InChI=1S/C18H16ClNO3S/c1-23-17-9-8-16-14(7-10-18(20-16)24(2,21)22)15(17)11-12-3-5-13(19)6-4-12/h3-10H,11H2,1-2H3. The highest BCUT2D eigenvalue weighted by molar-refractivity contribution is 7.90. The van der Waals surface area contributed by atoms with Crippen LogP contribution in [0.3, 0.4) is 0 Å². The van der Waals surface area contributed by atoms with Crippen LogP contribution in [0, 0.1) is 0 Å². The first kappa shape index (κ1) is 16.7. The van der Waals surface area contributed by atoms with Gasteiger partial charge < -0.3 is 4.74 Å². The molecule has 0 aliphatic rings. The molecule has 0 saturated heterocycles. The van der Waals surface area contributed by atoms with Crippen LogP contribution in [0.1, 0.15) is 11.1 Å². The molecule has 124 valence electrons. The molecule has 6 heteroatoms. The predicted octanol–water partition coefficient (Wildman–Crippen LogP) is 3.89. The Bertz CT molecular complexity index is 999. The van der Waals surface area contributed by atoms with Gasteiger partial charge in [0.2, 0.25) is 0 Å². The van der Waals surface area contributed by atoms with Gasteiger partial charge in [0, 0.05) is 28.6 Å². The molecule has 3 rings (SSSR count). The number of benzene rings is 2. The Morgan fingerprint density at radius 2 is 1.75 bits per heavy atom. The number of aromatic nitrogens is 1. The van der Waals surface area contributed by atoms with Crippen LogP contribution in [-0.4, -0.2) is 26.8 Å². The van der Waals surface area contributed by atoms with Gasteiger partial charge in [0.1, 0.15) is 5.75 Å². The lowest BCUT2D eigenvalue weighted by molar-refractivity contribution is 0.411. The quantitative estimate of drug-likeness (QED) is 0.707. The minimum atomic E-state index is -3.34. The van der Waals surface area contributed by atoms with E-state index in [2.05, 4.69) is 4.98 Å². The number of methoxy groups -OCH3 is 1. The SMILES string of the molecule is COc1ccc2nc(S(C)(=O)=O)ccc2c1Cc1ccc(Cl)cc1. The van der Waals surface area contributed by atoms with Crippen molar-refractivity contribution in [2.75, 3.05) is 13.4 Å². The van der Waals surface area contributed by atoms with Crippen LogP contribution in [0.25, 0.3) is 10.9 Å². The van der Waals surface area contributed by atoms with Crippen molar-refractivity contribution in [1.29, 1.82) is 0 Å². The smallest absolute Gasteiger partial charge is 0.192 e. The van der Waals surface area contributed by atoms with Gasteiger partial charge in [-0.2, -0.15) is 0 Å². The average Bonchev–Trinajstić information content (AvgIpc) is 2.56. The summed E-state index contributed by atoms with van der Waals surface area (Å²) in [6, 6.07) is 14.5. The van der Waals surface area contributed by atoms with Crippen molar-refractivity contribution in [3.8, 4) is 5.75 Å². The number of halogens is 1. The molecule has 0 aliphatic heterocycles. The number of rotatable bonds is 4. The maximum Gasteiger partial charge on any atom is 0.192 e. The van der Waals surface area contributed by atoms with Crippen molar-refractivity contribution in [3.63, 3.8) is 0 Å². The third-order valence-electron chi connectivity index (χ3n) is 3.81. The molecular weight excluding hydrogens is 346 g/mol. The molecule has 0 bridgehead atoms. The number of pyridine rings is 1. The second-order valence-corrected chi connectivity index (χ2v) is 7.94. The van der Waals surface area contributed by atoms with E-state index in [0.29, 0.717) is 17.0 Å². The summed E-state index contributed by atoms with van der Waals surface area (Å²) in [7, 11) is -1.73. The highest BCUT2D eigenvalue weighted by Crippen LogP contribution is 2.30. The topological polar surface area (TPSA) is 56.3 Å². The highest BCUT2D eigenvalue weighted by atomic mass is 35.5. The Morgan fingerprint density at radius 1 is 1.04 bits per heavy atom. The lowest BCUT2D eigenvalue weighted by Crippen LogP contribution is -2.02. The molecule has 0 amide bonds. The number of fused-ring (bicyclic) bond motifs is 1. The van der Waals surface area contributed by atoms with Crippen LogP contribution in [0.4, 0.5) is 0 Å². The first-order valence-electron chi connectivity index (χ1n) is 7.29. The molecule has 0 fully saturated rings. The second-order valence-electron chi connectivity index (χ2n) is 5.54. The first-order chi connectivity index (χ1) is 11.4. The largest absolute Gasteiger partial charge is 0.496 e. The monoisotopic (exact) mass is 361 g/mol. The third kappa shape index (κ3) is 3.37. The number of sulfone groups is 1. The number of hydrogen-bond donors (Lipinski definition) is 0. The molecule has 0 radical (unpaired) electrons. The van der Waals surface area contributed by atoms with Crippen molar-refractivity contribution in [3.05, 3.63) is 64.7 Å². The lowest BCUT2D eigenvalue weighted by Gasteiger charge is -2.12. The Kier molecular flexibility index (Phi) is 4.47. The van der Waals surface area contributed by atoms with E-state index in [-0.39, 0.29) is 5.03 Å². The first-order valence-corrected chi connectivity index (χ1v) is 9.56. The normalized spacial score (nSPS) is 11.6. The molecule has 0 unspecified atom stereocenters. The molecule has 4 nitrogen and oxygen atoms in total. The van der Waals surface area contributed by atoms with Crippen molar-refractivity contribution >= 4 is 32.3 Å². The summed E-state index contributed by atoms with van der Waals surface area (Å²) < 4.78 is 28.9. The number of ether oxygens (including phenoxy) is 1. The third-order valence-corrected chi connectivity index (χ3v) is 5.05. The van der Waals surface area contributed by atoms with E-state index in [4.69, 9.17) is 16.3 Å². The molecule has 1 aromatic heterocycles. The van der Waals surface area contributed by atoms with Crippen LogP contribution < -0.4 is 4.74 Å².